The van der Waals surface area contributed by atoms with Crippen LogP contribution in [0.3, 0.4) is 0 Å². The second-order valence-corrected chi connectivity index (χ2v) is 5.45. The van der Waals surface area contributed by atoms with E-state index >= 15 is 0 Å². The molecule has 1 aliphatic carbocycles. The van der Waals surface area contributed by atoms with E-state index in [-0.39, 0.29) is 5.54 Å². The van der Waals surface area contributed by atoms with Gasteiger partial charge in [0.2, 0.25) is 0 Å². The van der Waals surface area contributed by atoms with Gasteiger partial charge in [0, 0.05) is 18.8 Å². The lowest BCUT2D eigenvalue weighted by molar-refractivity contribution is 0.0945. The van der Waals surface area contributed by atoms with Crippen molar-refractivity contribution in [2.75, 3.05) is 13.2 Å². The third kappa shape index (κ3) is 4.84. The number of ether oxygens (including phenoxy) is 1. The summed E-state index contributed by atoms with van der Waals surface area (Å²) >= 11 is 0. The van der Waals surface area contributed by atoms with Gasteiger partial charge >= 0.3 is 0 Å². The summed E-state index contributed by atoms with van der Waals surface area (Å²) in [6.07, 6.45) is 9.82. The van der Waals surface area contributed by atoms with Crippen molar-refractivity contribution in [3.8, 4) is 0 Å². The smallest absolute Gasteiger partial charge is 0.0483 e. The van der Waals surface area contributed by atoms with Gasteiger partial charge in [0.25, 0.3) is 0 Å². The molecule has 0 spiro atoms. The fourth-order valence-electron chi connectivity index (χ4n) is 2.72. The van der Waals surface area contributed by atoms with Crippen molar-refractivity contribution in [2.24, 2.45) is 11.7 Å². The number of rotatable bonds is 7. The highest BCUT2D eigenvalue weighted by Crippen LogP contribution is 2.34. The lowest BCUT2D eigenvalue weighted by Crippen LogP contribution is -2.45. The minimum Gasteiger partial charge on any atom is -0.381 e. The number of hydrogen-bond acceptors (Lipinski definition) is 2. The summed E-state index contributed by atoms with van der Waals surface area (Å²) in [6, 6.07) is 0. The Bertz CT molecular complexity index is 184. The summed E-state index contributed by atoms with van der Waals surface area (Å²) in [6.45, 7) is 6.24. The molecule has 0 radical (unpaired) electrons. The van der Waals surface area contributed by atoms with Crippen LogP contribution in [0.1, 0.15) is 65.2 Å². The molecule has 0 bridgehead atoms. The molecule has 1 saturated carbocycles. The summed E-state index contributed by atoms with van der Waals surface area (Å²) in [7, 11) is 0. The fourth-order valence-corrected chi connectivity index (χ4v) is 2.72. The summed E-state index contributed by atoms with van der Waals surface area (Å²) in [4.78, 5) is 0. The van der Waals surface area contributed by atoms with Crippen LogP contribution in [0.5, 0.6) is 0 Å². The summed E-state index contributed by atoms with van der Waals surface area (Å²) < 4.78 is 5.63. The molecule has 2 atom stereocenters. The van der Waals surface area contributed by atoms with Crippen molar-refractivity contribution in [1.82, 2.24) is 0 Å². The van der Waals surface area contributed by atoms with Crippen molar-refractivity contribution in [2.45, 2.75) is 70.8 Å². The van der Waals surface area contributed by atoms with Gasteiger partial charge in [0.15, 0.2) is 0 Å². The van der Waals surface area contributed by atoms with Crippen LogP contribution in [-0.2, 0) is 4.74 Å². The SMILES string of the molecule is CCCCOCCC1(N)CCCC(CC)C1. The van der Waals surface area contributed by atoms with E-state index in [1.165, 1.54) is 44.9 Å². The molecule has 1 rings (SSSR count). The van der Waals surface area contributed by atoms with Crippen molar-refractivity contribution in [1.29, 1.82) is 0 Å². The Morgan fingerprint density at radius 2 is 2.12 bits per heavy atom. The summed E-state index contributed by atoms with van der Waals surface area (Å²) in [5.74, 6) is 0.856. The van der Waals surface area contributed by atoms with E-state index in [2.05, 4.69) is 13.8 Å². The quantitative estimate of drug-likeness (QED) is 0.676. The van der Waals surface area contributed by atoms with Gasteiger partial charge in [0.05, 0.1) is 0 Å². The van der Waals surface area contributed by atoms with E-state index in [0.29, 0.717) is 0 Å². The highest BCUT2D eigenvalue weighted by Gasteiger charge is 2.31. The van der Waals surface area contributed by atoms with Gasteiger partial charge in [-0.25, -0.2) is 0 Å². The van der Waals surface area contributed by atoms with Gasteiger partial charge in [-0.15, -0.1) is 0 Å². The number of unbranched alkanes of at least 4 members (excludes halogenated alkanes) is 1. The first-order chi connectivity index (χ1) is 7.70. The number of hydrogen-bond donors (Lipinski definition) is 1. The molecule has 0 aromatic carbocycles. The van der Waals surface area contributed by atoms with Crippen LogP contribution < -0.4 is 5.73 Å². The Hall–Kier alpha value is -0.0800. The second-order valence-electron chi connectivity index (χ2n) is 5.45. The average Bonchev–Trinajstić information content (AvgIpc) is 2.29. The normalized spacial score (nSPS) is 30.6. The summed E-state index contributed by atoms with van der Waals surface area (Å²) in [5.41, 5.74) is 6.53. The molecule has 0 aliphatic heterocycles. The van der Waals surface area contributed by atoms with Crippen LogP contribution in [0.25, 0.3) is 0 Å². The van der Waals surface area contributed by atoms with E-state index in [1.54, 1.807) is 0 Å². The molecular formula is C14H29NO. The van der Waals surface area contributed by atoms with Crippen LogP contribution >= 0.6 is 0 Å². The molecule has 1 aliphatic rings. The third-order valence-electron chi connectivity index (χ3n) is 3.95. The molecule has 0 amide bonds. The van der Waals surface area contributed by atoms with E-state index in [1.807, 2.05) is 0 Å². The monoisotopic (exact) mass is 227 g/mol. The van der Waals surface area contributed by atoms with Crippen molar-refractivity contribution < 1.29 is 4.74 Å². The average molecular weight is 227 g/mol. The third-order valence-corrected chi connectivity index (χ3v) is 3.95. The zero-order valence-corrected chi connectivity index (χ0v) is 11.1. The molecule has 0 aromatic heterocycles. The molecule has 2 nitrogen and oxygen atoms in total. The Labute approximate surface area is 101 Å². The minimum atomic E-state index is 0.0745. The Morgan fingerprint density at radius 1 is 1.31 bits per heavy atom. The van der Waals surface area contributed by atoms with Gasteiger partial charge in [-0.2, -0.15) is 0 Å². The van der Waals surface area contributed by atoms with E-state index in [0.717, 1.165) is 25.6 Å². The van der Waals surface area contributed by atoms with Crippen molar-refractivity contribution in [3.05, 3.63) is 0 Å². The molecule has 2 N–H and O–H groups in total. The first-order valence-electron chi connectivity index (χ1n) is 7.07. The zero-order chi connectivity index (χ0) is 11.9. The van der Waals surface area contributed by atoms with Crippen LogP contribution in [0, 0.1) is 5.92 Å². The minimum absolute atomic E-state index is 0.0745. The highest BCUT2D eigenvalue weighted by molar-refractivity contribution is 4.90. The van der Waals surface area contributed by atoms with Gasteiger partial charge in [-0.1, -0.05) is 39.5 Å². The fraction of sp³-hybridized carbons (Fsp3) is 1.00. The van der Waals surface area contributed by atoms with Gasteiger partial charge in [0.1, 0.15) is 0 Å². The standard InChI is InChI=1S/C14H29NO/c1-3-5-10-16-11-9-14(15)8-6-7-13(4-2)12-14/h13H,3-12,15H2,1-2H3. The molecular weight excluding hydrogens is 198 g/mol. The molecule has 2 unspecified atom stereocenters. The molecule has 0 heterocycles. The molecule has 96 valence electrons. The van der Waals surface area contributed by atoms with Crippen LogP contribution in [0.2, 0.25) is 0 Å². The van der Waals surface area contributed by atoms with E-state index < -0.39 is 0 Å². The predicted molar refractivity (Wildman–Crippen MR) is 69.5 cm³/mol. The first kappa shape index (κ1) is 14.0. The first-order valence-corrected chi connectivity index (χ1v) is 7.07. The molecule has 16 heavy (non-hydrogen) atoms. The molecule has 1 fully saturated rings. The molecule has 0 aromatic rings. The van der Waals surface area contributed by atoms with Gasteiger partial charge in [-0.05, 0) is 31.6 Å². The van der Waals surface area contributed by atoms with Crippen molar-refractivity contribution in [3.63, 3.8) is 0 Å². The van der Waals surface area contributed by atoms with Gasteiger partial charge < -0.3 is 10.5 Å². The summed E-state index contributed by atoms with van der Waals surface area (Å²) in [5, 5.41) is 0. The Kier molecular flexibility index (Phi) is 6.37. The van der Waals surface area contributed by atoms with Crippen LogP contribution in [0.15, 0.2) is 0 Å². The zero-order valence-electron chi connectivity index (χ0n) is 11.1. The van der Waals surface area contributed by atoms with E-state index in [4.69, 9.17) is 10.5 Å². The maximum Gasteiger partial charge on any atom is 0.0483 e. The lowest BCUT2D eigenvalue weighted by Gasteiger charge is -2.37. The number of nitrogens with two attached hydrogens (primary N) is 1. The Balaban J connectivity index is 2.17. The van der Waals surface area contributed by atoms with Gasteiger partial charge in [-0.3, -0.25) is 0 Å². The second kappa shape index (κ2) is 7.29. The van der Waals surface area contributed by atoms with Crippen LogP contribution in [-0.4, -0.2) is 18.8 Å². The Morgan fingerprint density at radius 3 is 2.81 bits per heavy atom. The lowest BCUT2D eigenvalue weighted by atomic mass is 9.74. The van der Waals surface area contributed by atoms with Crippen molar-refractivity contribution >= 4 is 0 Å². The van der Waals surface area contributed by atoms with E-state index in [9.17, 15) is 0 Å². The maximum atomic E-state index is 6.46. The topological polar surface area (TPSA) is 35.2 Å². The molecule has 0 saturated heterocycles. The van der Waals surface area contributed by atoms with Crippen LogP contribution in [0.4, 0.5) is 0 Å². The largest absolute Gasteiger partial charge is 0.381 e. The maximum absolute atomic E-state index is 6.46. The predicted octanol–water partition coefficient (Wildman–Crippen LogP) is 3.49. The molecule has 2 heteroatoms. The highest BCUT2D eigenvalue weighted by atomic mass is 16.5.